The van der Waals surface area contributed by atoms with E-state index < -0.39 is 0 Å². The Hall–Kier alpha value is -3.37. The number of hydrogen-bond donors (Lipinski definition) is 1. The first-order valence-electron chi connectivity index (χ1n) is 10.7. The average Bonchev–Trinajstić information content (AvgIpc) is 2.80. The third kappa shape index (κ3) is 4.92. The first kappa shape index (κ1) is 21.8. The molecule has 1 aromatic heterocycles. The van der Waals surface area contributed by atoms with Gasteiger partial charge in [0.05, 0.1) is 31.5 Å². The fraction of sp³-hybridized carbons (Fsp3) is 0.360. The molecule has 0 atom stereocenters. The molecule has 7 heteroatoms. The summed E-state index contributed by atoms with van der Waals surface area (Å²) in [6.45, 7) is 5.14. The summed E-state index contributed by atoms with van der Waals surface area (Å²) in [6, 6.07) is 8.70. The molecule has 0 aliphatic carbocycles. The van der Waals surface area contributed by atoms with Crippen molar-refractivity contribution < 1.29 is 13.9 Å². The Bertz CT molecular complexity index is 1140. The second-order valence-electron chi connectivity index (χ2n) is 8.09. The number of likely N-dealkylation sites (tertiary alicyclic amines) is 1. The summed E-state index contributed by atoms with van der Waals surface area (Å²) in [7, 11) is 1.60. The maximum Gasteiger partial charge on any atom is 0.163 e. The van der Waals surface area contributed by atoms with Gasteiger partial charge in [0.25, 0.3) is 0 Å². The van der Waals surface area contributed by atoms with E-state index in [0.29, 0.717) is 47.6 Å². The van der Waals surface area contributed by atoms with Crippen LogP contribution in [0, 0.1) is 31.0 Å². The summed E-state index contributed by atoms with van der Waals surface area (Å²) in [6.07, 6.45) is 8.97. The normalized spacial score (nSPS) is 14.8. The number of benzene rings is 2. The van der Waals surface area contributed by atoms with Gasteiger partial charge < -0.3 is 14.8 Å². The predicted octanol–water partition coefficient (Wildman–Crippen LogP) is 4.55. The minimum Gasteiger partial charge on any atom is -0.493 e. The fourth-order valence-corrected chi connectivity index (χ4v) is 3.93. The van der Waals surface area contributed by atoms with E-state index >= 15 is 0 Å². The first-order chi connectivity index (χ1) is 15.6. The Morgan fingerprint density at radius 2 is 2.00 bits per heavy atom. The average molecular weight is 435 g/mol. The molecule has 0 unspecified atom stereocenters. The number of nitrogens with zero attached hydrogens (tertiary/aromatic N) is 3. The Morgan fingerprint density at radius 1 is 1.19 bits per heavy atom. The number of halogens is 1. The molecule has 0 radical (unpaired) electrons. The summed E-state index contributed by atoms with van der Waals surface area (Å²) in [4.78, 5) is 11.0. The number of fused-ring (bicyclic) bond motifs is 1. The monoisotopic (exact) mass is 434 g/mol. The number of ether oxygens (including phenoxy) is 2. The lowest BCUT2D eigenvalue weighted by Crippen LogP contribution is -2.35. The number of aryl methyl sites for hydroxylation is 1. The number of aromatic nitrogens is 2. The molecule has 0 bridgehead atoms. The van der Waals surface area contributed by atoms with Crippen LogP contribution in [0.5, 0.6) is 11.5 Å². The SMILES string of the molecule is C#CCN1CCC(COc2cc3ncnc(Nc4ccc(C)cc4F)c3cc2OC)CC1. The van der Waals surface area contributed by atoms with Crippen molar-refractivity contribution in [3.05, 3.63) is 48.0 Å². The van der Waals surface area contributed by atoms with Crippen LogP contribution in [0.1, 0.15) is 18.4 Å². The molecular formula is C25H27FN4O2. The van der Waals surface area contributed by atoms with Gasteiger partial charge in [-0.1, -0.05) is 12.0 Å². The first-order valence-corrected chi connectivity index (χ1v) is 10.7. The second kappa shape index (κ2) is 9.84. The number of methoxy groups -OCH3 is 1. The van der Waals surface area contributed by atoms with E-state index in [9.17, 15) is 4.39 Å². The van der Waals surface area contributed by atoms with E-state index in [1.807, 2.05) is 25.1 Å². The van der Waals surface area contributed by atoms with Crippen LogP contribution in [0.4, 0.5) is 15.9 Å². The van der Waals surface area contributed by atoms with Crippen LogP contribution < -0.4 is 14.8 Å². The van der Waals surface area contributed by atoms with Gasteiger partial charge in [-0.05, 0) is 62.5 Å². The molecule has 1 saturated heterocycles. The lowest BCUT2D eigenvalue weighted by atomic mass is 9.98. The van der Waals surface area contributed by atoms with Crippen LogP contribution >= 0.6 is 0 Å². The molecule has 1 aliphatic rings. The molecule has 166 valence electrons. The van der Waals surface area contributed by atoms with Crippen LogP contribution in [0.15, 0.2) is 36.7 Å². The number of hydrogen-bond acceptors (Lipinski definition) is 6. The maximum atomic E-state index is 14.3. The summed E-state index contributed by atoms with van der Waals surface area (Å²) in [5.41, 5.74) is 1.89. The molecule has 0 amide bonds. The lowest BCUT2D eigenvalue weighted by Gasteiger charge is -2.30. The van der Waals surface area contributed by atoms with Crippen LogP contribution in [0.25, 0.3) is 10.9 Å². The van der Waals surface area contributed by atoms with Gasteiger partial charge in [0.1, 0.15) is 18.0 Å². The zero-order valence-electron chi connectivity index (χ0n) is 18.4. The largest absolute Gasteiger partial charge is 0.493 e. The van der Waals surface area contributed by atoms with E-state index in [1.165, 1.54) is 12.4 Å². The minimum atomic E-state index is -0.336. The molecule has 1 N–H and O–H groups in total. The Morgan fingerprint density at radius 3 is 2.72 bits per heavy atom. The molecule has 32 heavy (non-hydrogen) atoms. The van der Waals surface area contributed by atoms with Crippen molar-refractivity contribution in [3.63, 3.8) is 0 Å². The van der Waals surface area contributed by atoms with Gasteiger partial charge >= 0.3 is 0 Å². The van der Waals surface area contributed by atoms with Gasteiger partial charge in [0.2, 0.25) is 0 Å². The maximum absolute atomic E-state index is 14.3. The molecule has 1 fully saturated rings. The summed E-state index contributed by atoms with van der Waals surface area (Å²) in [5, 5.41) is 3.79. The smallest absolute Gasteiger partial charge is 0.163 e. The van der Waals surface area contributed by atoms with Gasteiger partial charge in [-0.25, -0.2) is 14.4 Å². The highest BCUT2D eigenvalue weighted by molar-refractivity contribution is 5.93. The molecule has 1 aliphatic heterocycles. The van der Waals surface area contributed by atoms with Crippen molar-refractivity contribution in [2.45, 2.75) is 19.8 Å². The van der Waals surface area contributed by atoms with Crippen molar-refractivity contribution in [2.24, 2.45) is 5.92 Å². The Kier molecular flexibility index (Phi) is 6.72. The quantitative estimate of drug-likeness (QED) is 0.551. The molecule has 0 saturated carbocycles. The van der Waals surface area contributed by atoms with E-state index in [1.54, 1.807) is 13.2 Å². The highest BCUT2D eigenvalue weighted by Gasteiger charge is 2.20. The Balaban J connectivity index is 1.52. The molecule has 2 heterocycles. The predicted molar refractivity (Wildman–Crippen MR) is 124 cm³/mol. The summed E-state index contributed by atoms with van der Waals surface area (Å²) < 4.78 is 26.0. The van der Waals surface area contributed by atoms with E-state index in [-0.39, 0.29) is 5.82 Å². The number of nitrogens with one attached hydrogen (secondary N) is 1. The van der Waals surface area contributed by atoms with Gasteiger partial charge in [0.15, 0.2) is 11.5 Å². The topological polar surface area (TPSA) is 59.5 Å². The van der Waals surface area contributed by atoms with Crippen LogP contribution in [0.3, 0.4) is 0 Å². The number of anilines is 2. The van der Waals surface area contributed by atoms with Gasteiger partial charge in [-0.3, -0.25) is 4.90 Å². The van der Waals surface area contributed by atoms with Crippen molar-refractivity contribution in [1.29, 1.82) is 0 Å². The van der Waals surface area contributed by atoms with Crippen molar-refractivity contribution >= 4 is 22.4 Å². The second-order valence-corrected chi connectivity index (χ2v) is 8.09. The standard InChI is InChI=1S/C25H27FN4O2/c1-4-9-30-10-7-18(8-11-30)15-32-24-14-22-19(13-23(24)31-3)25(28-16-27-22)29-21-6-5-17(2)12-20(21)26/h1,5-6,12-14,16,18H,7-11,15H2,2-3H3,(H,27,28,29). The van der Waals surface area contributed by atoms with Gasteiger partial charge in [0, 0.05) is 11.5 Å². The number of rotatable bonds is 7. The molecule has 0 spiro atoms. The third-order valence-electron chi connectivity index (χ3n) is 5.79. The molecular weight excluding hydrogens is 407 g/mol. The van der Waals surface area contributed by atoms with Crippen LogP contribution in [-0.2, 0) is 0 Å². The minimum absolute atomic E-state index is 0.336. The van der Waals surface area contributed by atoms with Gasteiger partial charge in [-0.15, -0.1) is 6.42 Å². The third-order valence-corrected chi connectivity index (χ3v) is 5.79. The number of terminal acetylenes is 1. The lowest BCUT2D eigenvalue weighted by molar-refractivity contribution is 0.149. The van der Waals surface area contributed by atoms with Crippen LogP contribution in [0.2, 0.25) is 0 Å². The zero-order valence-corrected chi connectivity index (χ0v) is 18.4. The van der Waals surface area contributed by atoms with Gasteiger partial charge in [-0.2, -0.15) is 0 Å². The molecule has 4 rings (SSSR count). The van der Waals surface area contributed by atoms with Crippen molar-refractivity contribution in [2.75, 3.05) is 38.7 Å². The zero-order chi connectivity index (χ0) is 22.5. The highest BCUT2D eigenvalue weighted by atomic mass is 19.1. The van der Waals surface area contributed by atoms with E-state index in [4.69, 9.17) is 15.9 Å². The van der Waals surface area contributed by atoms with E-state index in [0.717, 1.165) is 36.9 Å². The van der Waals surface area contributed by atoms with Crippen molar-refractivity contribution in [1.82, 2.24) is 14.9 Å². The molecule has 2 aromatic carbocycles. The number of piperidine rings is 1. The highest BCUT2D eigenvalue weighted by Crippen LogP contribution is 2.35. The summed E-state index contributed by atoms with van der Waals surface area (Å²) >= 11 is 0. The molecule has 3 aromatic rings. The molecule has 6 nitrogen and oxygen atoms in total. The van der Waals surface area contributed by atoms with Crippen LogP contribution in [-0.4, -0.2) is 48.2 Å². The van der Waals surface area contributed by atoms with Crippen molar-refractivity contribution in [3.8, 4) is 23.8 Å². The van der Waals surface area contributed by atoms with E-state index in [2.05, 4.69) is 26.1 Å². The Labute approximate surface area is 187 Å². The fourth-order valence-electron chi connectivity index (χ4n) is 3.93. The summed E-state index contributed by atoms with van der Waals surface area (Å²) in [5.74, 6) is 4.57.